The van der Waals surface area contributed by atoms with Crippen LogP contribution in [-0.4, -0.2) is 27.2 Å². The van der Waals surface area contributed by atoms with Gasteiger partial charge in [0.15, 0.2) is 5.69 Å². The number of hydrogen-bond donors (Lipinski definition) is 2. The summed E-state index contributed by atoms with van der Waals surface area (Å²) in [7, 11) is 0. The maximum atomic E-state index is 13.2. The number of nitrogens with zero attached hydrogens (tertiary/aromatic N) is 3. The van der Waals surface area contributed by atoms with Gasteiger partial charge in [-0.1, -0.05) is 32.3 Å². The zero-order chi connectivity index (χ0) is 20.3. The molecule has 148 valence electrons. The van der Waals surface area contributed by atoms with E-state index < -0.39 is 17.2 Å². The second-order valence-electron chi connectivity index (χ2n) is 7.01. The van der Waals surface area contributed by atoms with Crippen LogP contribution in [0, 0.1) is 19.8 Å². The summed E-state index contributed by atoms with van der Waals surface area (Å²) in [6, 6.07) is 0. The van der Waals surface area contributed by atoms with Gasteiger partial charge in [0.05, 0.1) is 5.69 Å². The number of aryl methyl sites for hydroxylation is 2. The van der Waals surface area contributed by atoms with E-state index in [1.54, 1.807) is 13.8 Å². The maximum absolute atomic E-state index is 13.2. The summed E-state index contributed by atoms with van der Waals surface area (Å²) in [5, 5.41) is 3.81. The van der Waals surface area contributed by atoms with Crippen LogP contribution in [0.25, 0.3) is 0 Å². The van der Waals surface area contributed by atoms with Gasteiger partial charge in [0.25, 0.3) is 11.5 Å². The number of rotatable bonds is 7. The minimum absolute atomic E-state index is 0.0197. The van der Waals surface area contributed by atoms with Crippen molar-refractivity contribution in [1.29, 1.82) is 0 Å². The first-order valence-corrected chi connectivity index (χ1v) is 9.06. The molecule has 0 radical (unpaired) electrons. The minimum atomic E-state index is -0.686. The van der Waals surface area contributed by atoms with E-state index in [-0.39, 0.29) is 24.0 Å². The molecule has 0 fully saturated rings. The molecule has 2 aromatic heterocycles. The van der Waals surface area contributed by atoms with Crippen molar-refractivity contribution in [2.24, 2.45) is 5.92 Å². The lowest BCUT2D eigenvalue weighted by atomic mass is 10.1. The molecule has 0 saturated heterocycles. The quantitative estimate of drug-likeness (QED) is 0.758. The predicted octanol–water partition coefficient (Wildman–Crippen LogP) is 1.83. The van der Waals surface area contributed by atoms with Gasteiger partial charge in [-0.05, 0) is 26.2 Å². The Labute approximate surface area is 157 Å². The van der Waals surface area contributed by atoms with E-state index in [4.69, 9.17) is 10.3 Å². The van der Waals surface area contributed by atoms with Crippen LogP contribution >= 0.6 is 0 Å². The second kappa shape index (κ2) is 8.24. The van der Waals surface area contributed by atoms with Crippen molar-refractivity contribution in [2.75, 3.05) is 17.2 Å². The molecule has 0 aliphatic carbocycles. The van der Waals surface area contributed by atoms with Crippen molar-refractivity contribution in [3.8, 4) is 0 Å². The first-order chi connectivity index (χ1) is 12.7. The smallest absolute Gasteiger partial charge is 0.330 e. The number of H-pyrrole nitrogens is 1. The van der Waals surface area contributed by atoms with E-state index in [1.165, 1.54) is 9.47 Å². The Bertz CT molecular complexity index is 919. The van der Waals surface area contributed by atoms with E-state index in [0.29, 0.717) is 30.0 Å². The lowest BCUT2D eigenvalue weighted by Gasteiger charge is -2.24. The predicted molar refractivity (Wildman–Crippen MR) is 103 cm³/mol. The Balaban J connectivity index is 2.65. The summed E-state index contributed by atoms with van der Waals surface area (Å²) in [6.45, 7) is 9.75. The molecule has 0 unspecified atom stereocenters. The van der Waals surface area contributed by atoms with Gasteiger partial charge < -0.3 is 15.2 Å². The number of nitrogens with two attached hydrogens (primary N) is 1. The number of aromatic amines is 1. The van der Waals surface area contributed by atoms with Gasteiger partial charge in [-0.15, -0.1) is 0 Å². The molecule has 0 bridgehead atoms. The van der Waals surface area contributed by atoms with Crippen molar-refractivity contribution >= 4 is 17.4 Å². The average molecular weight is 377 g/mol. The van der Waals surface area contributed by atoms with E-state index in [9.17, 15) is 14.4 Å². The molecule has 0 spiro atoms. The molecule has 2 aromatic rings. The molecule has 9 heteroatoms. The number of nitrogens with one attached hydrogen (secondary N) is 1. The van der Waals surface area contributed by atoms with E-state index in [0.717, 1.165) is 6.42 Å². The number of amides is 1. The zero-order valence-corrected chi connectivity index (χ0v) is 16.5. The molecule has 0 aromatic carbocycles. The topological polar surface area (TPSA) is 127 Å². The summed E-state index contributed by atoms with van der Waals surface area (Å²) in [5.41, 5.74) is 5.62. The first-order valence-electron chi connectivity index (χ1n) is 9.06. The van der Waals surface area contributed by atoms with Gasteiger partial charge in [0.2, 0.25) is 0 Å². The largest absolute Gasteiger partial charge is 0.383 e. The highest BCUT2D eigenvalue weighted by atomic mass is 16.5. The summed E-state index contributed by atoms with van der Waals surface area (Å²) in [6.07, 6.45) is 1.48. The third-order valence-electron chi connectivity index (χ3n) is 4.26. The molecular weight excluding hydrogens is 350 g/mol. The fourth-order valence-electron chi connectivity index (χ4n) is 2.94. The Morgan fingerprint density at radius 1 is 1.33 bits per heavy atom. The van der Waals surface area contributed by atoms with Crippen LogP contribution < -0.4 is 21.9 Å². The number of anilines is 2. The lowest BCUT2D eigenvalue weighted by molar-refractivity contribution is 0.0984. The van der Waals surface area contributed by atoms with Gasteiger partial charge >= 0.3 is 5.69 Å². The summed E-state index contributed by atoms with van der Waals surface area (Å²) in [4.78, 5) is 41.6. The average Bonchev–Trinajstić information content (AvgIpc) is 2.92. The minimum Gasteiger partial charge on any atom is -0.383 e. The maximum Gasteiger partial charge on any atom is 0.330 e. The zero-order valence-electron chi connectivity index (χ0n) is 16.5. The van der Waals surface area contributed by atoms with Crippen LogP contribution in [0.4, 0.5) is 11.5 Å². The van der Waals surface area contributed by atoms with Crippen LogP contribution in [-0.2, 0) is 6.54 Å². The van der Waals surface area contributed by atoms with Crippen molar-refractivity contribution in [1.82, 2.24) is 14.7 Å². The molecule has 27 heavy (non-hydrogen) atoms. The van der Waals surface area contributed by atoms with Crippen molar-refractivity contribution in [3.63, 3.8) is 0 Å². The third kappa shape index (κ3) is 4.12. The molecule has 2 rings (SSSR count). The van der Waals surface area contributed by atoms with E-state index in [2.05, 4.69) is 10.1 Å². The summed E-state index contributed by atoms with van der Waals surface area (Å²) < 4.78 is 6.39. The molecule has 3 N–H and O–H groups in total. The highest BCUT2D eigenvalue weighted by Crippen LogP contribution is 2.23. The molecule has 0 atom stereocenters. The fourth-order valence-corrected chi connectivity index (χ4v) is 2.94. The van der Waals surface area contributed by atoms with Crippen LogP contribution in [0.5, 0.6) is 0 Å². The molecule has 1 amide bonds. The number of aromatic nitrogens is 3. The number of carbonyl (C=O) groups excluding carboxylic acids is 1. The third-order valence-corrected chi connectivity index (χ3v) is 4.26. The Hall–Kier alpha value is -2.84. The SMILES string of the molecule is CCCCN(C(=O)c1c(C)noc1C)c1c(N)n(CC(C)C)c(=O)[nH]c1=O. The van der Waals surface area contributed by atoms with Crippen LogP contribution in [0.1, 0.15) is 55.4 Å². The van der Waals surface area contributed by atoms with Crippen molar-refractivity contribution in [3.05, 3.63) is 37.9 Å². The summed E-state index contributed by atoms with van der Waals surface area (Å²) in [5.74, 6) is 0.0518. The first kappa shape index (κ1) is 20.5. The molecule has 0 aliphatic heterocycles. The normalized spacial score (nSPS) is 11.2. The number of carbonyl (C=O) groups is 1. The van der Waals surface area contributed by atoms with E-state index in [1.807, 2.05) is 20.8 Å². The fraction of sp³-hybridized carbons (Fsp3) is 0.556. The molecule has 9 nitrogen and oxygen atoms in total. The van der Waals surface area contributed by atoms with Crippen molar-refractivity contribution < 1.29 is 9.32 Å². The number of unbranched alkanes of at least 4 members (excludes halogenated alkanes) is 1. The van der Waals surface area contributed by atoms with Gasteiger partial charge in [-0.3, -0.25) is 19.1 Å². The van der Waals surface area contributed by atoms with Crippen LogP contribution in [0.15, 0.2) is 14.1 Å². The van der Waals surface area contributed by atoms with Crippen LogP contribution in [0.2, 0.25) is 0 Å². The summed E-state index contributed by atoms with van der Waals surface area (Å²) >= 11 is 0. The molecule has 2 heterocycles. The number of nitrogen functional groups attached to an aromatic ring is 1. The van der Waals surface area contributed by atoms with Gasteiger partial charge in [0, 0.05) is 13.1 Å². The molecular formula is C18H27N5O4. The lowest BCUT2D eigenvalue weighted by Crippen LogP contribution is -2.42. The van der Waals surface area contributed by atoms with Gasteiger partial charge in [0.1, 0.15) is 17.1 Å². The highest BCUT2D eigenvalue weighted by Gasteiger charge is 2.29. The second-order valence-corrected chi connectivity index (χ2v) is 7.01. The highest BCUT2D eigenvalue weighted by molar-refractivity contribution is 6.08. The Kier molecular flexibility index (Phi) is 6.24. The molecule has 0 aliphatic rings. The van der Waals surface area contributed by atoms with Crippen molar-refractivity contribution in [2.45, 2.75) is 54.0 Å². The Morgan fingerprint density at radius 3 is 2.52 bits per heavy atom. The van der Waals surface area contributed by atoms with E-state index >= 15 is 0 Å². The van der Waals surface area contributed by atoms with Gasteiger partial charge in [-0.25, -0.2) is 4.79 Å². The molecule has 0 saturated carbocycles. The van der Waals surface area contributed by atoms with Crippen LogP contribution in [0.3, 0.4) is 0 Å². The standard InChI is InChI=1S/C18H27N5O4/c1-6-7-8-22(17(25)13-11(4)21-27-12(13)5)14-15(19)23(9-10(2)3)18(26)20-16(14)24/h10H,6-9,19H2,1-5H3,(H,20,24,26). The number of hydrogen-bond acceptors (Lipinski definition) is 6. The monoisotopic (exact) mass is 377 g/mol. The Morgan fingerprint density at radius 2 is 2.00 bits per heavy atom. The van der Waals surface area contributed by atoms with Gasteiger partial charge in [-0.2, -0.15) is 0 Å².